The Morgan fingerprint density at radius 1 is 1.21 bits per heavy atom. The van der Waals surface area contributed by atoms with E-state index in [0.717, 1.165) is 19.5 Å². The van der Waals surface area contributed by atoms with Gasteiger partial charge in [-0.05, 0) is 49.4 Å². The first-order chi connectivity index (χ1) is 13.6. The monoisotopic (exact) mass is 396 g/mol. The fourth-order valence-corrected chi connectivity index (χ4v) is 4.56. The number of carbonyl (C=O) groups excluding carboxylic acids is 1. The number of nitrogens with zero attached hydrogens (tertiary/aromatic N) is 4. The maximum Gasteiger partial charge on any atom is 0.254 e. The second-order valence-electron chi connectivity index (χ2n) is 7.18. The van der Waals surface area contributed by atoms with Crippen LogP contribution in [0.5, 0.6) is 0 Å². The van der Waals surface area contributed by atoms with Crippen LogP contribution in [0.3, 0.4) is 0 Å². The largest absolute Gasteiger partial charge is 0.337 e. The summed E-state index contributed by atoms with van der Waals surface area (Å²) >= 11 is 1.78. The SMILES string of the molecule is Cc1noc(C2CN(Cc3sccc3C)CCCN2C(=O)c2ccccc2)n1. The van der Waals surface area contributed by atoms with E-state index in [9.17, 15) is 4.79 Å². The smallest absolute Gasteiger partial charge is 0.254 e. The normalized spacial score (nSPS) is 18.2. The molecule has 1 saturated heterocycles. The van der Waals surface area contributed by atoms with Gasteiger partial charge in [0.25, 0.3) is 11.8 Å². The van der Waals surface area contributed by atoms with Gasteiger partial charge in [0, 0.05) is 36.6 Å². The van der Waals surface area contributed by atoms with Gasteiger partial charge in [-0.2, -0.15) is 4.98 Å². The van der Waals surface area contributed by atoms with Crippen molar-refractivity contribution in [2.45, 2.75) is 32.9 Å². The Morgan fingerprint density at radius 3 is 2.71 bits per heavy atom. The van der Waals surface area contributed by atoms with E-state index in [1.165, 1.54) is 10.4 Å². The van der Waals surface area contributed by atoms with Crippen molar-refractivity contribution in [1.29, 1.82) is 0 Å². The van der Waals surface area contributed by atoms with Crippen LogP contribution in [-0.2, 0) is 6.54 Å². The molecule has 28 heavy (non-hydrogen) atoms. The zero-order chi connectivity index (χ0) is 19.5. The summed E-state index contributed by atoms with van der Waals surface area (Å²) < 4.78 is 5.50. The lowest BCUT2D eigenvalue weighted by Gasteiger charge is -2.29. The van der Waals surface area contributed by atoms with Crippen LogP contribution in [-0.4, -0.2) is 45.5 Å². The van der Waals surface area contributed by atoms with Gasteiger partial charge in [-0.25, -0.2) is 0 Å². The van der Waals surface area contributed by atoms with Crippen LogP contribution in [0.25, 0.3) is 0 Å². The molecule has 1 fully saturated rings. The molecule has 2 aromatic heterocycles. The number of hydrogen-bond donors (Lipinski definition) is 0. The van der Waals surface area contributed by atoms with Crippen molar-refractivity contribution in [2.75, 3.05) is 19.6 Å². The molecule has 1 atom stereocenters. The van der Waals surface area contributed by atoms with Crippen molar-refractivity contribution in [3.8, 4) is 0 Å². The van der Waals surface area contributed by atoms with Crippen LogP contribution in [0, 0.1) is 13.8 Å². The predicted octanol–water partition coefficient (Wildman–Crippen LogP) is 3.84. The first-order valence-electron chi connectivity index (χ1n) is 9.53. The third-order valence-electron chi connectivity index (χ3n) is 5.13. The topological polar surface area (TPSA) is 62.5 Å². The van der Waals surface area contributed by atoms with Gasteiger partial charge in [0.05, 0.1) is 0 Å². The zero-order valence-corrected chi connectivity index (χ0v) is 17.0. The molecule has 4 rings (SSSR count). The summed E-state index contributed by atoms with van der Waals surface area (Å²) in [6, 6.07) is 11.3. The van der Waals surface area contributed by atoms with Crippen molar-refractivity contribution in [1.82, 2.24) is 19.9 Å². The Bertz CT molecular complexity index is 937. The van der Waals surface area contributed by atoms with Crippen LogP contribution in [0.2, 0.25) is 0 Å². The minimum Gasteiger partial charge on any atom is -0.337 e. The summed E-state index contributed by atoms with van der Waals surface area (Å²) in [5, 5.41) is 6.09. The first kappa shape index (κ1) is 18.8. The molecular weight excluding hydrogens is 372 g/mol. The van der Waals surface area contributed by atoms with Crippen molar-refractivity contribution in [3.63, 3.8) is 0 Å². The minimum atomic E-state index is -0.253. The number of thiophene rings is 1. The molecule has 0 saturated carbocycles. The van der Waals surface area contributed by atoms with E-state index in [1.807, 2.05) is 35.2 Å². The molecule has 0 bridgehead atoms. The summed E-state index contributed by atoms with van der Waals surface area (Å²) in [4.78, 5) is 23.3. The van der Waals surface area contributed by atoms with Crippen LogP contribution in [0.4, 0.5) is 0 Å². The Hall–Kier alpha value is -2.51. The standard InChI is InChI=1S/C21H24N4O2S/c1-15-9-12-28-19(15)14-24-10-6-11-25(21(26)17-7-4-3-5-8-17)18(13-24)20-22-16(2)23-27-20/h3-5,7-9,12,18H,6,10-11,13-14H2,1-2H3. The summed E-state index contributed by atoms with van der Waals surface area (Å²) in [5.74, 6) is 1.11. The van der Waals surface area contributed by atoms with Gasteiger partial charge in [-0.15, -0.1) is 11.3 Å². The second-order valence-corrected chi connectivity index (χ2v) is 8.18. The van der Waals surface area contributed by atoms with E-state index in [2.05, 4.69) is 33.4 Å². The highest BCUT2D eigenvalue weighted by Gasteiger charge is 2.34. The number of benzene rings is 1. The van der Waals surface area contributed by atoms with Crippen LogP contribution >= 0.6 is 11.3 Å². The number of hydrogen-bond acceptors (Lipinski definition) is 6. The summed E-state index contributed by atoms with van der Waals surface area (Å²) in [6.07, 6.45) is 0.909. The zero-order valence-electron chi connectivity index (χ0n) is 16.2. The van der Waals surface area contributed by atoms with Crippen molar-refractivity contribution in [2.24, 2.45) is 0 Å². The first-order valence-corrected chi connectivity index (χ1v) is 10.4. The highest BCUT2D eigenvalue weighted by Crippen LogP contribution is 2.28. The molecule has 1 aromatic carbocycles. The number of aromatic nitrogens is 2. The Morgan fingerprint density at radius 2 is 2.04 bits per heavy atom. The summed E-state index contributed by atoms with van der Waals surface area (Å²) in [6.45, 7) is 7.10. The third kappa shape index (κ3) is 4.00. The minimum absolute atomic E-state index is 0.00982. The van der Waals surface area contributed by atoms with E-state index >= 15 is 0 Å². The summed E-state index contributed by atoms with van der Waals surface area (Å²) in [7, 11) is 0. The van der Waals surface area contributed by atoms with E-state index < -0.39 is 0 Å². The fourth-order valence-electron chi connectivity index (χ4n) is 3.62. The highest BCUT2D eigenvalue weighted by atomic mass is 32.1. The molecule has 146 valence electrons. The quantitative estimate of drug-likeness (QED) is 0.671. The number of aryl methyl sites for hydroxylation is 2. The van der Waals surface area contributed by atoms with Gasteiger partial charge in [0.2, 0.25) is 0 Å². The molecule has 1 amide bonds. The lowest BCUT2D eigenvalue weighted by atomic mass is 10.1. The molecular formula is C21H24N4O2S. The highest BCUT2D eigenvalue weighted by molar-refractivity contribution is 7.10. The molecule has 7 heteroatoms. The van der Waals surface area contributed by atoms with E-state index in [-0.39, 0.29) is 11.9 Å². The maximum absolute atomic E-state index is 13.2. The average Bonchev–Trinajstić information content (AvgIpc) is 3.25. The van der Waals surface area contributed by atoms with E-state index in [0.29, 0.717) is 30.4 Å². The van der Waals surface area contributed by atoms with Crippen molar-refractivity contribution >= 4 is 17.2 Å². The lowest BCUT2D eigenvalue weighted by molar-refractivity contribution is 0.0631. The van der Waals surface area contributed by atoms with Crippen LogP contribution in [0.15, 0.2) is 46.3 Å². The maximum atomic E-state index is 13.2. The summed E-state index contributed by atoms with van der Waals surface area (Å²) in [5.41, 5.74) is 2.00. The predicted molar refractivity (Wildman–Crippen MR) is 108 cm³/mol. The van der Waals surface area contributed by atoms with Crippen molar-refractivity contribution < 1.29 is 9.32 Å². The third-order valence-corrected chi connectivity index (χ3v) is 6.13. The molecule has 6 nitrogen and oxygen atoms in total. The van der Waals surface area contributed by atoms with Gasteiger partial charge >= 0.3 is 0 Å². The Labute approximate surface area is 168 Å². The number of amides is 1. The molecule has 3 aromatic rings. The molecule has 1 aliphatic rings. The van der Waals surface area contributed by atoms with E-state index in [1.54, 1.807) is 18.3 Å². The van der Waals surface area contributed by atoms with Gasteiger partial charge in [-0.3, -0.25) is 9.69 Å². The second kappa shape index (κ2) is 8.24. The molecule has 0 radical (unpaired) electrons. The van der Waals surface area contributed by atoms with Crippen LogP contribution < -0.4 is 0 Å². The molecule has 1 aliphatic heterocycles. The Kier molecular flexibility index (Phi) is 5.54. The molecule has 0 N–H and O–H groups in total. The van der Waals surface area contributed by atoms with Gasteiger partial charge in [0.15, 0.2) is 5.82 Å². The molecule has 3 heterocycles. The molecule has 0 aliphatic carbocycles. The number of carbonyl (C=O) groups is 1. The van der Waals surface area contributed by atoms with Crippen molar-refractivity contribution in [3.05, 3.63) is 69.5 Å². The average molecular weight is 397 g/mol. The van der Waals surface area contributed by atoms with Gasteiger partial charge < -0.3 is 9.42 Å². The fraction of sp³-hybridized carbons (Fsp3) is 0.381. The molecule has 0 spiro atoms. The van der Waals surface area contributed by atoms with Gasteiger partial charge in [-0.1, -0.05) is 23.4 Å². The number of rotatable bonds is 4. The lowest BCUT2D eigenvalue weighted by Crippen LogP contribution is -2.38. The molecule has 1 unspecified atom stereocenters. The van der Waals surface area contributed by atoms with Crippen LogP contribution in [0.1, 0.15) is 45.0 Å². The van der Waals surface area contributed by atoms with E-state index in [4.69, 9.17) is 4.52 Å². The Balaban J connectivity index is 1.62. The van der Waals surface area contributed by atoms with Gasteiger partial charge in [0.1, 0.15) is 6.04 Å².